The van der Waals surface area contributed by atoms with Crippen molar-refractivity contribution in [1.82, 2.24) is 0 Å². The van der Waals surface area contributed by atoms with Crippen LogP contribution in [-0.2, 0) is 16.0 Å². The molecule has 0 amide bonds. The average Bonchev–Trinajstić information content (AvgIpc) is 2.58. The molecule has 2 rings (SSSR count). The van der Waals surface area contributed by atoms with Gasteiger partial charge in [0.1, 0.15) is 11.5 Å². The zero-order valence-electron chi connectivity index (χ0n) is 13.3. The molecule has 0 heterocycles. The highest BCUT2D eigenvalue weighted by Crippen LogP contribution is 2.25. The number of hydrogen-bond donors (Lipinski definition) is 0. The van der Waals surface area contributed by atoms with Crippen molar-refractivity contribution < 1.29 is 19.0 Å². The van der Waals surface area contributed by atoms with Gasteiger partial charge in [0, 0.05) is 6.42 Å². The predicted molar refractivity (Wildman–Crippen MR) is 85.3 cm³/mol. The Morgan fingerprint density at radius 1 is 1.23 bits per heavy atom. The van der Waals surface area contributed by atoms with Gasteiger partial charge in [-0.15, -0.1) is 0 Å². The van der Waals surface area contributed by atoms with Crippen LogP contribution in [0, 0.1) is 5.92 Å². The molecule has 0 bridgehead atoms. The van der Waals surface area contributed by atoms with Gasteiger partial charge in [0.2, 0.25) is 0 Å². The smallest absolute Gasteiger partial charge is 0.306 e. The molecule has 1 aliphatic carbocycles. The summed E-state index contributed by atoms with van der Waals surface area (Å²) in [5.74, 6) is 1.85. The van der Waals surface area contributed by atoms with Gasteiger partial charge in [0.25, 0.3) is 0 Å². The van der Waals surface area contributed by atoms with Gasteiger partial charge < -0.3 is 14.2 Å². The molecule has 22 heavy (non-hydrogen) atoms. The van der Waals surface area contributed by atoms with Gasteiger partial charge in [-0.25, -0.2) is 0 Å². The number of methoxy groups -OCH3 is 2. The lowest BCUT2D eigenvalue weighted by Gasteiger charge is -2.17. The first-order valence-electron chi connectivity index (χ1n) is 7.74. The molecule has 0 N–H and O–H groups in total. The third-order valence-electron chi connectivity index (χ3n) is 3.94. The molecule has 0 aliphatic heterocycles. The SMILES string of the molecule is COc1ccc(OC)c(CCC(=O)OCC2CC=CCC2)c1. The standard InChI is InChI=1S/C18H24O4/c1-20-16-9-10-17(21-2)15(12-16)8-11-18(19)22-13-14-6-4-3-5-7-14/h3-4,9-10,12,14H,5-8,11,13H2,1-2H3. The van der Waals surface area contributed by atoms with Crippen LogP contribution in [0.15, 0.2) is 30.4 Å². The summed E-state index contributed by atoms with van der Waals surface area (Å²) in [7, 11) is 3.25. The first-order chi connectivity index (χ1) is 10.7. The van der Waals surface area contributed by atoms with Gasteiger partial charge in [0.05, 0.1) is 20.8 Å². The molecule has 0 aromatic heterocycles. The predicted octanol–water partition coefficient (Wildman–Crippen LogP) is 3.54. The van der Waals surface area contributed by atoms with Gasteiger partial charge in [0.15, 0.2) is 0 Å². The minimum atomic E-state index is -0.153. The molecule has 1 aliphatic rings. The van der Waals surface area contributed by atoms with E-state index in [1.807, 2.05) is 18.2 Å². The highest BCUT2D eigenvalue weighted by molar-refractivity contribution is 5.70. The van der Waals surface area contributed by atoms with E-state index in [4.69, 9.17) is 14.2 Å². The lowest BCUT2D eigenvalue weighted by Crippen LogP contribution is -2.15. The van der Waals surface area contributed by atoms with Crippen LogP contribution in [0.5, 0.6) is 11.5 Å². The first-order valence-corrected chi connectivity index (χ1v) is 7.74. The fraction of sp³-hybridized carbons (Fsp3) is 0.500. The molecule has 0 fully saturated rings. The van der Waals surface area contributed by atoms with Gasteiger partial charge in [-0.3, -0.25) is 4.79 Å². The molecule has 0 radical (unpaired) electrons. The number of esters is 1. The zero-order chi connectivity index (χ0) is 15.8. The Hall–Kier alpha value is -1.97. The summed E-state index contributed by atoms with van der Waals surface area (Å²) in [6.45, 7) is 0.526. The van der Waals surface area contributed by atoms with E-state index in [1.165, 1.54) is 0 Å². The Labute approximate surface area is 132 Å². The molecule has 120 valence electrons. The fourth-order valence-electron chi connectivity index (χ4n) is 2.60. The van der Waals surface area contributed by atoms with Crippen LogP contribution in [0.1, 0.15) is 31.2 Å². The van der Waals surface area contributed by atoms with E-state index >= 15 is 0 Å². The van der Waals surface area contributed by atoms with E-state index in [0.29, 0.717) is 25.4 Å². The maximum absolute atomic E-state index is 11.9. The Balaban J connectivity index is 1.81. The minimum absolute atomic E-state index is 0.153. The second-order valence-corrected chi connectivity index (χ2v) is 5.51. The van der Waals surface area contributed by atoms with Gasteiger partial charge >= 0.3 is 5.97 Å². The number of allylic oxidation sites excluding steroid dienone is 2. The average molecular weight is 304 g/mol. The van der Waals surface area contributed by atoms with E-state index in [9.17, 15) is 4.79 Å². The van der Waals surface area contributed by atoms with Gasteiger partial charge in [-0.2, -0.15) is 0 Å². The van der Waals surface area contributed by atoms with Crippen molar-refractivity contribution in [3.8, 4) is 11.5 Å². The third kappa shape index (κ3) is 4.79. The largest absolute Gasteiger partial charge is 0.497 e. The van der Waals surface area contributed by atoms with Crippen LogP contribution in [0.3, 0.4) is 0 Å². The number of benzene rings is 1. The molecule has 1 aromatic rings. The van der Waals surface area contributed by atoms with Crippen molar-refractivity contribution in [2.24, 2.45) is 5.92 Å². The van der Waals surface area contributed by atoms with E-state index < -0.39 is 0 Å². The lowest BCUT2D eigenvalue weighted by molar-refractivity contribution is -0.145. The van der Waals surface area contributed by atoms with Gasteiger partial charge in [-0.1, -0.05) is 12.2 Å². The highest BCUT2D eigenvalue weighted by atomic mass is 16.5. The maximum Gasteiger partial charge on any atom is 0.306 e. The van der Waals surface area contributed by atoms with Crippen LogP contribution in [0.4, 0.5) is 0 Å². The second-order valence-electron chi connectivity index (χ2n) is 5.51. The zero-order valence-corrected chi connectivity index (χ0v) is 13.3. The van der Waals surface area contributed by atoms with E-state index in [0.717, 1.165) is 36.3 Å². The number of ether oxygens (including phenoxy) is 3. The maximum atomic E-state index is 11.9. The molecular formula is C18H24O4. The summed E-state index contributed by atoms with van der Waals surface area (Å²) in [5, 5.41) is 0. The molecule has 0 saturated heterocycles. The van der Waals surface area contributed by atoms with Crippen molar-refractivity contribution >= 4 is 5.97 Å². The van der Waals surface area contributed by atoms with E-state index in [-0.39, 0.29) is 5.97 Å². The Morgan fingerprint density at radius 3 is 2.77 bits per heavy atom. The molecule has 1 atom stereocenters. The van der Waals surface area contributed by atoms with E-state index in [2.05, 4.69) is 12.2 Å². The summed E-state index contributed by atoms with van der Waals surface area (Å²) in [6, 6.07) is 5.60. The molecule has 0 saturated carbocycles. The number of carbonyl (C=O) groups excluding carboxylic acids is 1. The molecule has 4 nitrogen and oxygen atoms in total. The Morgan fingerprint density at radius 2 is 2.09 bits per heavy atom. The lowest BCUT2D eigenvalue weighted by atomic mass is 9.95. The van der Waals surface area contributed by atoms with Crippen LogP contribution in [0.2, 0.25) is 0 Å². The first kappa shape index (κ1) is 16.4. The second kappa shape index (κ2) is 8.47. The molecule has 0 spiro atoms. The summed E-state index contributed by atoms with van der Waals surface area (Å²) in [4.78, 5) is 11.9. The summed E-state index contributed by atoms with van der Waals surface area (Å²) in [5.41, 5.74) is 0.958. The fourth-order valence-corrected chi connectivity index (χ4v) is 2.60. The van der Waals surface area contributed by atoms with Crippen molar-refractivity contribution in [2.75, 3.05) is 20.8 Å². The number of aryl methyl sites for hydroxylation is 1. The van der Waals surface area contributed by atoms with Crippen LogP contribution in [-0.4, -0.2) is 26.8 Å². The summed E-state index contributed by atoms with van der Waals surface area (Å²) in [6.07, 6.45) is 8.50. The van der Waals surface area contributed by atoms with Crippen molar-refractivity contribution in [1.29, 1.82) is 0 Å². The Bertz CT molecular complexity index is 522. The number of rotatable bonds is 7. The van der Waals surface area contributed by atoms with Crippen LogP contribution in [0.25, 0.3) is 0 Å². The summed E-state index contributed by atoms with van der Waals surface area (Å²) >= 11 is 0. The number of carbonyl (C=O) groups is 1. The topological polar surface area (TPSA) is 44.8 Å². The van der Waals surface area contributed by atoms with Crippen molar-refractivity contribution in [3.05, 3.63) is 35.9 Å². The number of hydrogen-bond acceptors (Lipinski definition) is 4. The summed E-state index contributed by atoms with van der Waals surface area (Å²) < 4.78 is 15.9. The van der Waals surface area contributed by atoms with Crippen LogP contribution < -0.4 is 9.47 Å². The normalized spacial score (nSPS) is 17.1. The molecular weight excluding hydrogens is 280 g/mol. The van der Waals surface area contributed by atoms with Crippen molar-refractivity contribution in [3.63, 3.8) is 0 Å². The quantitative estimate of drug-likeness (QED) is 0.571. The minimum Gasteiger partial charge on any atom is -0.497 e. The van der Waals surface area contributed by atoms with E-state index in [1.54, 1.807) is 14.2 Å². The molecule has 4 heteroatoms. The van der Waals surface area contributed by atoms with Gasteiger partial charge in [-0.05, 0) is 55.4 Å². The highest BCUT2D eigenvalue weighted by Gasteiger charge is 2.14. The monoisotopic (exact) mass is 304 g/mol. The molecule has 1 unspecified atom stereocenters. The molecule has 1 aromatic carbocycles. The van der Waals surface area contributed by atoms with Crippen LogP contribution >= 0.6 is 0 Å². The third-order valence-corrected chi connectivity index (χ3v) is 3.94. The van der Waals surface area contributed by atoms with Crippen molar-refractivity contribution in [2.45, 2.75) is 32.1 Å². The Kier molecular flexibility index (Phi) is 6.31.